The average Bonchev–Trinajstić information content (AvgIpc) is 3.18. The van der Waals surface area contributed by atoms with Gasteiger partial charge in [-0.2, -0.15) is 0 Å². The van der Waals surface area contributed by atoms with E-state index in [0.717, 1.165) is 69.7 Å². The van der Waals surface area contributed by atoms with Crippen molar-refractivity contribution in [3.05, 3.63) is 42.0 Å². The zero-order chi connectivity index (χ0) is 18.4. The minimum atomic E-state index is 0.150. The Balaban J connectivity index is 1.44. The Bertz CT molecular complexity index is 595. The molecule has 1 amide bonds. The van der Waals surface area contributed by atoms with Gasteiger partial charge in [0.25, 0.3) is 5.91 Å². The third kappa shape index (κ3) is 5.34. The molecule has 0 saturated carbocycles. The first-order valence-corrected chi connectivity index (χ1v) is 10.1. The van der Waals surface area contributed by atoms with E-state index in [2.05, 4.69) is 30.9 Å². The Kier molecular flexibility index (Phi) is 6.73. The predicted molar refractivity (Wildman–Crippen MR) is 106 cm³/mol. The van der Waals surface area contributed by atoms with Crippen LogP contribution < -0.4 is 4.74 Å². The molecule has 4 heteroatoms. The Morgan fingerprint density at radius 2 is 1.77 bits per heavy atom. The van der Waals surface area contributed by atoms with E-state index in [1.54, 1.807) is 0 Å². The number of likely N-dealkylation sites (tertiary alicyclic amines) is 2. The number of ether oxygens (including phenoxy) is 1. The second-order valence-electron chi connectivity index (χ2n) is 7.81. The Morgan fingerprint density at radius 1 is 1.12 bits per heavy atom. The topological polar surface area (TPSA) is 32.8 Å². The molecule has 4 nitrogen and oxygen atoms in total. The van der Waals surface area contributed by atoms with Gasteiger partial charge in [-0.15, -0.1) is 0 Å². The van der Waals surface area contributed by atoms with Gasteiger partial charge in [0.1, 0.15) is 11.9 Å². The lowest BCUT2D eigenvalue weighted by Gasteiger charge is -2.31. The number of hydrogen-bond acceptors (Lipinski definition) is 3. The maximum Gasteiger partial charge on any atom is 0.253 e. The highest BCUT2D eigenvalue weighted by atomic mass is 16.5. The van der Waals surface area contributed by atoms with E-state index < -0.39 is 0 Å². The number of rotatable bonds is 6. The first kappa shape index (κ1) is 19.0. The summed E-state index contributed by atoms with van der Waals surface area (Å²) in [6, 6.07) is 7.70. The summed E-state index contributed by atoms with van der Waals surface area (Å²) in [6.07, 6.45) is 9.20. The van der Waals surface area contributed by atoms with Crippen LogP contribution in [0.25, 0.3) is 0 Å². The van der Waals surface area contributed by atoms with E-state index in [-0.39, 0.29) is 12.0 Å². The zero-order valence-electron chi connectivity index (χ0n) is 16.2. The SMILES string of the molecule is CC(C)/C=C/CN1CCC(Oc2ccc(C(=O)N3CCCC3)cc2)CC1. The van der Waals surface area contributed by atoms with E-state index in [1.165, 1.54) is 0 Å². The molecule has 0 unspecified atom stereocenters. The van der Waals surface area contributed by atoms with E-state index in [0.29, 0.717) is 5.92 Å². The van der Waals surface area contributed by atoms with Crippen molar-refractivity contribution in [2.75, 3.05) is 32.7 Å². The smallest absolute Gasteiger partial charge is 0.253 e. The van der Waals surface area contributed by atoms with Crippen LogP contribution in [0.1, 0.15) is 49.9 Å². The molecule has 0 radical (unpaired) electrons. The van der Waals surface area contributed by atoms with E-state index in [1.807, 2.05) is 29.2 Å². The minimum absolute atomic E-state index is 0.150. The molecule has 26 heavy (non-hydrogen) atoms. The summed E-state index contributed by atoms with van der Waals surface area (Å²) in [5, 5.41) is 0. The molecular formula is C22H32N2O2. The number of nitrogens with zero attached hydrogens (tertiary/aromatic N) is 2. The molecule has 2 aliphatic heterocycles. The van der Waals surface area contributed by atoms with Gasteiger partial charge >= 0.3 is 0 Å². The molecule has 2 aliphatic rings. The van der Waals surface area contributed by atoms with Crippen molar-refractivity contribution in [1.82, 2.24) is 9.80 Å². The van der Waals surface area contributed by atoms with Crippen molar-refractivity contribution in [2.24, 2.45) is 5.92 Å². The van der Waals surface area contributed by atoms with Crippen LogP contribution in [0.15, 0.2) is 36.4 Å². The van der Waals surface area contributed by atoms with Gasteiger partial charge in [-0.05, 0) is 55.9 Å². The summed E-state index contributed by atoms with van der Waals surface area (Å²) < 4.78 is 6.14. The van der Waals surface area contributed by atoms with Gasteiger partial charge in [0.15, 0.2) is 0 Å². The maximum absolute atomic E-state index is 12.4. The second-order valence-corrected chi connectivity index (χ2v) is 7.81. The third-order valence-corrected chi connectivity index (χ3v) is 5.22. The van der Waals surface area contributed by atoms with Gasteiger partial charge in [0, 0.05) is 38.3 Å². The van der Waals surface area contributed by atoms with Gasteiger partial charge in [-0.25, -0.2) is 0 Å². The number of piperidine rings is 1. The van der Waals surface area contributed by atoms with E-state index in [4.69, 9.17) is 4.74 Å². The highest BCUT2D eigenvalue weighted by molar-refractivity contribution is 5.94. The van der Waals surface area contributed by atoms with Crippen LogP contribution in [0.2, 0.25) is 0 Å². The summed E-state index contributed by atoms with van der Waals surface area (Å²) in [5.74, 6) is 1.65. The van der Waals surface area contributed by atoms with Crippen LogP contribution >= 0.6 is 0 Å². The number of carbonyl (C=O) groups excluding carboxylic acids is 1. The Morgan fingerprint density at radius 3 is 2.38 bits per heavy atom. The standard InChI is InChI=1S/C22H32N2O2/c1-18(2)6-5-13-23-16-11-21(12-17-23)26-20-9-7-19(8-10-20)22(25)24-14-3-4-15-24/h5-10,18,21H,3-4,11-17H2,1-2H3/b6-5+. The first-order chi connectivity index (χ1) is 12.6. The second kappa shape index (κ2) is 9.22. The van der Waals surface area contributed by atoms with Gasteiger partial charge in [-0.1, -0.05) is 26.0 Å². The van der Waals surface area contributed by atoms with Crippen LogP contribution in [0.3, 0.4) is 0 Å². The van der Waals surface area contributed by atoms with Crippen LogP contribution in [-0.4, -0.2) is 54.5 Å². The van der Waals surface area contributed by atoms with Crippen LogP contribution in [0.5, 0.6) is 5.75 Å². The van der Waals surface area contributed by atoms with Crippen LogP contribution in [-0.2, 0) is 0 Å². The Hall–Kier alpha value is -1.81. The molecule has 142 valence electrons. The minimum Gasteiger partial charge on any atom is -0.490 e. The Labute approximate surface area is 157 Å². The summed E-state index contributed by atoms with van der Waals surface area (Å²) in [6.45, 7) is 9.40. The lowest BCUT2D eigenvalue weighted by molar-refractivity contribution is 0.0792. The maximum atomic E-state index is 12.4. The molecule has 1 aromatic rings. The molecule has 0 N–H and O–H groups in total. The van der Waals surface area contributed by atoms with Crippen molar-refractivity contribution in [3.63, 3.8) is 0 Å². The van der Waals surface area contributed by atoms with Crippen LogP contribution in [0, 0.1) is 5.92 Å². The predicted octanol–water partition coefficient (Wildman–Crippen LogP) is 3.98. The van der Waals surface area contributed by atoms with Crippen molar-refractivity contribution >= 4 is 5.91 Å². The number of allylic oxidation sites excluding steroid dienone is 1. The highest BCUT2D eigenvalue weighted by Crippen LogP contribution is 2.21. The average molecular weight is 357 g/mol. The molecule has 2 saturated heterocycles. The van der Waals surface area contributed by atoms with Gasteiger partial charge in [0.2, 0.25) is 0 Å². The molecular weight excluding hydrogens is 324 g/mol. The summed E-state index contributed by atoms with van der Waals surface area (Å²) in [7, 11) is 0. The number of carbonyl (C=O) groups is 1. The number of amides is 1. The fraction of sp³-hybridized carbons (Fsp3) is 0.591. The van der Waals surface area contributed by atoms with Crippen molar-refractivity contribution in [2.45, 2.75) is 45.6 Å². The summed E-state index contributed by atoms with van der Waals surface area (Å²) in [5.41, 5.74) is 0.769. The lowest BCUT2D eigenvalue weighted by atomic mass is 10.1. The monoisotopic (exact) mass is 356 g/mol. The molecule has 0 aliphatic carbocycles. The molecule has 2 heterocycles. The van der Waals surface area contributed by atoms with Gasteiger partial charge in [-0.3, -0.25) is 9.69 Å². The fourth-order valence-electron chi connectivity index (χ4n) is 3.66. The van der Waals surface area contributed by atoms with Gasteiger partial charge in [0.05, 0.1) is 0 Å². The molecule has 0 spiro atoms. The van der Waals surface area contributed by atoms with E-state index >= 15 is 0 Å². The quantitative estimate of drug-likeness (QED) is 0.723. The van der Waals surface area contributed by atoms with E-state index in [9.17, 15) is 4.79 Å². The molecule has 2 fully saturated rings. The van der Waals surface area contributed by atoms with Crippen LogP contribution in [0.4, 0.5) is 0 Å². The molecule has 0 aromatic heterocycles. The first-order valence-electron chi connectivity index (χ1n) is 10.1. The highest BCUT2D eigenvalue weighted by Gasteiger charge is 2.21. The summed E-state index contributed by atoms with van der Waals surface area (Å²) >= 11 is 0. The third-order valence-electron chi connectivity index (χ3n) is 5.22. The molecule has 1 aromatic carbocycles. The fourth-order valence-corrected chi connectivity index (χ4v) is 3.66. The lowest BCUT2D eigenvalue weighted by Crippen LogP contribution is -2.38. The normalized spacial score (nSPS) is 19.6. The molecule has 0 atom stereocenters. The number of benzene rings is 1. The summed E-state index contributed by atoms with van der Waals surface area (Å²) in [4.78, 5) is 16.8. The van der Waals surface area contributed by atoms with Crippen molar-refractivity contribution in [3.8, 4) is 5.75 Å². The number of hydrogen-bond donors (Lipinski definition) is 0. The van der Waals surface area contributed by atoms with Crippen molar-refractivity contribution < 1.29 is 9.53 Å². The van der Waals surface area contributed by atoms with Gasteiger partial charge < -0.3 is 9.64 Å². The largest absolute Gasteiger partial charge is 0.490 e. The molecule has 3 rings (SSSR count). The van der Waals surface area contributed by atoms with Crippen molar-refractivity contribution in [1.29, 1.82) is 0 Å². The zero-order valence-corrected chi connectivity index (χ0v) is 16.2. The molecule has 0 bridgehead atoms.